The number of carbonyl (C=O) groups excluding carboxylic acids is 6. The van der Waals surface area contributed by atoms with E-state index in [0.717, 1.165) is 83.6 Å². The van der Waals surface area contributed by atoms with E-state index in [-0.39, 0.29) is 35.7 Å². The number of benzene rings is 3. The summed E-state index contributed by atoms with van der Waals surface area (Å²) in [6, 6.07) is 14.3. The number of amides is 5. The number of nitrogens with zero attached hydrogens (tertiary/aromatic N) is 5. The summed E-state index contributed by atoms with van der Waals surface area (Å²) < 4.78 is 28.1. The predicted octanol–water partition coefficient (Wildman–Crippen LogP) is 5.25. The lowest BCUT2D eigenvalue weighted by molar-refractivity contribution is -0.136. The van der Waals surface area contributed by atoms with Gasteiger partial charge in [0.15, 0.2) is 11.5 Å². The van der Waals surface area contributed by atoms with Gasteiger partial charge in [-0.05, 0) is 67.1 Å². The number of nitrogens with one attached hydrogen (secondary N) is 3. The monoisotopic (exact) mass is 1030 g/mol. The molecule has 1 aromatic heterocycles. The maximum Gasteiger partial charge on any atom is 0.264 e. The van der Waals surface area contributed by atoms with Gasteiger partial charge in [0.05, 0.1) is 95.8 Å². The zero-order valence-corrected chi connectivity index (χ0v) is 43.3. The van der Waals surface area contributed by atoms with E-state index in [1.54, 1.807) is 24.3 Å². The van der Waals surface area contributed by atoms with Gasteiger partial charge in [-0.2, -0.15) is 0 Å². The number of imide groups is 2. The van der Waals surface area contributed by atoms with Gasteiger partial charge in [0.25, 0.3) is 11.8 Å². The highest BCUT2D eigenvalue weighted by molar-refractivity contribution is 6.25. The summed E-state index contributed by atoms with van der Waals surface area (Å²) in [6.45, 7) is 23.2. The van der Waals surface area contributed by atoms with Gasteiger partial charge < -0.3 is 43.8 Å². The lowest BCUT2D eigenvalue weighted by Crippen LogP contribution is -2.54. The van der Waals surface area contributed by atoms with Crippen molar-refractivity contribution in [2.75, 3.05) is 122 Å². The first-order valence-electron chi connectivity index (χ1n) is 26.4. The van der Waals surface area contributed by atoms with Crippen LogP contribution in [0.5, 0.6) is 0 Å². The van der Waals surface area contributed by atoms with Crippen molar-refractivity contribution in [3.8, 4) is 0 Å². The number of piperidine rings is 2. The molecule has 19 heteroatoms. The molecule has 0 radical (unpaired) electrons. The van der Waals surface area contributed by atoms with Crippen LogP contribution in [0.1, 0.15) is 106 Å². The van der Waals surface area contributed by atoms with E-state index in [9.17, 15) is 28.8 Å². The zero-order chi connectivity index (χ0) is 52.6. The molecule has 0 spiro atoms. The Kier molecular flexibility index (Phi) is 17.0. The van der Waals surface area contributed by atoms with Gasteiger partial charge in [0.1, 0.15) is 6.04 Å². The second kappa shape index (κ2) is 24.0. The third-order valence-electron chi connectivity index (χ3n) is 15.2. The number of hydrogen-bond donors (Lipinski definition) is 3. The molecule has 1 atom stereocenters. The molecule has 3 saturated heterocycles. The molecule has 0 bridgehead atoms. The molecule has 5 heterocycles. The van der Waals surface area contributed by atoms with E-state index in [4.69, 9.17) is 30.3 Å². The molecule has 5 aliphatic rings. The Morgan fingerprint density at radius 1 is 0.760 bits per heavy atom. The van der Waals surface area contributed by atoms with Crippen molar-refractivity contribution in [3.05, 3.63) is 99.0 Å². The van der Waals surface area contributed by atoms with E-state index >= 15 is 0 Å². The highest BCUT2D eigenvalue weighted by Crippen LogP contribution is 2.46. The van der Waals surface area contributed by atoms with E-state index in [0.29, 0.717) is 110 Å². The van der Waals surface area contributed by atoms with E-state index in [1.807, 2.05) is 17.0 Å². The van der Waals surface area contributed by atoms with Crippen molar-refractivity contribution in [1.82, 2.24) is 25.0 Å². The van der Waals surface area contributed by atoms with Crippen molar-refractivity contribution in [1.29, 1.82) is 0 Å². The van der Waals surface area contributed by atoms with Crippen molar-refractivity contribution in [2.45, 2.75) is 76.8 Å². The normalized spacial score (nSPS) is 18.8. The van der Waals surface area contributed by atoms with Gasteiger partial charge in [0, 0.05) is 97.2 Å². The fourth-order valence-corrected chi connectivity index (χ4v) is 11.2. The van der Waals surface area contributed by atoms with Crippen LogP contribution in [0.2, 0.25) is 0 Å². The maximum atomic E-state index is 14.1. The van der Waals surface area contributed by atoms with Crippen molar-refractivity contribution < 1.29 is 52.5 Å². The molecule has 3 fully saturated rings. The molecule has 3 N–H and O–H groups in total. The molecule has 1 aliphatic carbocycles. The first-order chi connectivity index (χ1) is 36.4. The van der Waals surface area contributed by atoms with Crippen LogP contribution in [0.25, 0.3) is 15.7 Å². The number of carbonyl (C=O) groups is 6. The molecule has 4 aliphatic heterocycles. The number of ether oxygens (including phenoxy) is 5. The summed E-state index contributed by atoms with van der Waals surface area (Å²) in [7, 11) is 0. The van der Waals surface area contributed by atoms with Gasteiger partial charge >= 0.3 is 0 Å². The highest BCUT2D eigenvalue weighted by Gasteiger charge is 2.46. The van der Waals surface area contributed by atoms with Crippen LogP contribution >= 0.6 is 0 Å². The Morgan fingerprint density at radius 2 is 1.43 bits per heavy atom. The minimum atomic E-state index is -1.02. The maximum absolute atomic E-state index is 14.1. The number of aromatic nitrogens is 1. The lowest BCUT2D eigenvalue weighted by atomic mass is 9.70. The van der Waals surface area contributed by atoms with E-state index < -0.39 is 35.1 Å². The fourth-order valence-electron chi connectivity index (χ4n) is 11.2. The molecule has 9 rings (SSSR count). The Bertz CT molecular complexity index is 2840. The number of piperazine rings is 1. The molecule has 3 aromatic carbocycles. The Labute approximate surface area is 437 Å². The van der Waals surface area contributed by atoms with E-state index in [2.05, 4.69) is 63.2 Å². The van der Waals surface area contributed by atoms with Gasteiger partial charge in [-0.3, -0.25) is 43.9 Å². The molecule has 0 saturated carbocycles. The number of aromatic amines is 1. The molecule has 4 aromatic rings. The summed E-state index contributed by atoms with van der Waals surface area (Å²) in [4.78, 5) is 92.5. The van der Waals surface area contributed by atoms with Crippen LogP contribution in [0, 0.1) is 6.57 Å². The molecular weight excluding hydrogens is 961 g/mol. The molecule has 398 valence electrons. The van der Waals surface area contributed by atoms with Gasteiger partial charge in [0.2, 0.25) is 17.7 Å². The van der Waals surface area contributed by atoms with Gasteiger partial charge in [-0.25, -0.2) is 4.85 Å². The Balaban J connectivity index is 0.583. The molecule has 5 amide bonds. The average molecular weight is 1030 g/mol. The summed E-state index contributed by atoms with van der Waals surface area (Å²) in [6.07, 6.45) is 3.40. The number of rotatable bonds is 23. The first-order valence-corrected chi connectivity index (χ1v) is 26.4. The van der Waals surface area contributed by atoms with E-state index in [1.165, 1.54) is 11.3 Å². The van der Waals surface area contributed by atoms with Crippen LogP contribution < -0.4 is 15.5 Å². The molecule has 75 heavy (non-hydrogen) atoms. The van der Waals surface area contributed by atoms with Gasteiger partial charge in [-0.1, -0.05) is 39.0 Å². The van der Waals surface area contributed by atoms with Crippen LogP contribution in [-0.4, -0.2) is 179 Å². The second-order valence-corrected chi connectivity index (χ2v) is 20.1. The van der Waals surface area contributed by atoms with Crippen LogP contribution in [0.3, 0.4) is 0 Å². The van der Waals surface area contributed by atoms with Gasteiger partial charge in [-0.15, -0.1) is 0 Å². The number of anilines is 2. The molecular formula is C56H68N8O11. The smallest absolute Gasteiger partial charge is 0.264 e. The quantitative estimate of drug-likeness (QED) is 0.0494. The fraction of sp³-hybridized carbons (Fsp3) is 0.518. The first kappa shape index (κ1) is 53.3. The Morgan fingerprint density at radius 3 is 2.08 bits per heavy atom. The topological polar surface area (TPSA) is 206 Å². The highest BCUT2D eigenvalue weighted by atomic mass is 16.6. The lowest BCUT2D eigenvalue weighted by Gasteiger charge is -2.44. The minimum absolute atomic E-state index is 0.0448. The third kappa shape index (κ3) is 11.5. The number of hydrogen-bond acceptors (Lipinski definition) is 14. The average Bonchev–Trinajstić information content (AvgIpc) is 4.02. The minimum Gasteiger partial charge on any atom is -0.382 e. The zero-order valence-electron chi connectivity index (χ0n) is 43.3. The second-order valence-electron chi connectivity index (χ2n) is 20.1. The summed E-state index contributed by atoms with van der Waals surface area (Å²) in [5.41, 5.74) is 7.69. The number of ketones is 1. The van der Waals surface area contributed by atoms with Crippen molar-refractivity contribution >= 4 is 63.3 Å². The third-order valence-corrected chi connectivity index (χ3v) is 15.2. The number of aryl methyl sites for hydroxylation is 1. The van der Waals surface area contributed by atoms with Crippen LogP contribution in [0.4, 0.5) is 17.1 Å². The summed E-state index contributed by atoms with van der Waals surface area (Å²) >= 11 is 0. The SMILES string of the molecule is [C-]#[N+]c1ccc2c3c([nH]c2c1)C(C)(C)c1cc(N2CCC(N4CCN(C(=O)CCOCCOCCOCCOCCOCCNc5cccc6c5C(=O)N(C5CCC(=O)NC5=O)C6=O)CC4)CC2)c(CC)cc1C3=O. The number of H-pyrrole nitrogens is 1. The van der Waals surface area contributed by atoms with Crippen LogP contribution in [-0.2, 0) is 49.9 Å². The largest absolute Gasteiger partial charge is 0.382 e. The Hall–Kier alpha value is -6.53. The van der Waals surface area contributed by atoms with Crippen LogP contribution in [0.15, 0.2) is 48.5 Å². The standard InChI is InChI=1S/C56H68N8O11/c1-5-36-33-41-42(56(2,3)52-50(51(41)67)39-10-9-37(57-4)34-44(39)59-52)35-46(36)62-17-13-38(14-18-62)61-19-21-63(22-20-61)48(66)15-23-71-25-27-73-29-31-75-32-30-74-28-26-72-24-16-58-43-8-6-7-40-49(43)55(70)64(54(40)69)45-11-12-47(65)60-53(45)68/h6-10,33-35,38,45,58-59H,5,11-32H2,1-3H3,(H,60,65,68). The predicted molar refractivity (Wildman–Crippen MR) is 280 cm³/mol. The molecule has 19 nitrogen and oxygen atoms in total. The van der Waals surface area contributed by atoms with Crippen molar-refractivity contribution in [2.24, 2.45) is 0 Å². The van der Waals surface area contributed by atoms with Crippen molar-refractivity contribution in [3.63, 3.8) is 0 Å². The molecule has 1 unspecified atom stereocenters. The summed E-state index contributed by atoms with van der Waals surface area (Å²) in [5, 5.41) is 6.22. The summed E-state index contributed by atoms with van der Waals surface area (Å²) in [5.74, 6) is -2.03. The number of fused-ring (bicyclic) bond motifs is 5.